The fourth-order valence-corrected chi connectivity index (χ4v) is 3.18. The van der Waals surface area contributed by atoms with Gasteiger partial charge < -0.3 is 0 Å². The molecule has 0 aliphatic rings. The monoisotopic (exact) mass is 349 g/mol. The zero-order valence-electron chi connectivity index (χ0n) is 8.76. The Balaban J connectivity index is 2.81. The molecule has 0 fully saturated rings. The molecule has 1 aromatic rings. The second kappa shape index (κ2) is 5.54. The summed E-state index contributed by atoms with van der Waals surface area (Å²) in [6, 6.07) is 2.79. The van der Waals surface area contributed by atoms with E-state index in [0.29, 0.717) is 0 Å². The lowest BCUT2D eigenvalue weighted by Crippen LogP contribution is -2.28. The molecule has 0 aliphatic heterocycles. The topological polar surface area (TPSA) is 46.2 Å². The third kappa shape index (κ3) is 4.54. The minimum Gasteiger partial charge on any atom is -0.211 e. The Bertz CT molecular complexity index is 530. The molecule has 0 saturated heterocycles. The second-order valence-corrected chi connectivity index (χ2v) is 5.93. The van der Waals surface area contributed by atoms with Crippen LogP contribution in [-0.2, 0) is 10.0 Å². The molecule has 0 aromatic heterocycles. The molecule has 0 spiro atoms. The molecule has 0 aliphatic carbocycles. The van der Waals surface area contributed by atoms with Crippen molar-refractivity contribution < 1.29 is 26.0 Å². The smallest absolute Gasteiger partial charge is 0.211 e. The maximum Gasteiger partial charge on any atom is 0.390 e. The summed E-state index contributed by atoms with van der Waals surface area (Å²) in [6.07, 6.45) is -5.71. The van der Waals surface area contributed by atoms with E-state index in [1.54, 1.807) is 4.72 Å². The van der Waals surface area contributed by atoms with Gasteiger partial charge in [0.05, 0.1) is 11.3 Å². The second-order valence-electron chi connectivity index (χ2n) is 3.34. The average Bonchev–Trinajstić information content (AvgIpc) is 2.13. The van der Waals surface area contributed by atoms with Crippen molar-refractivity contribution in [3.8, 4) is 0 Å². The number of nitrogens with one attached hydrogen (secondary N) is 1. The third-order valence-electron chi connectivity index (χ3n) is 1.88. The molecule has 0 saturated carbocycles. The number of halogens is 5. The van der Waals surface area contributed by atoms with E-state index < -0.39 is 35.0 Å². The van der Waals surface area contributed by atoms with E-state index in [1.165, 1.54) is 0 Å². The Morgan fingerprint density at radius 3 is 2.39 bits per heavy atom. The van der Waals surface area contributed by atoms with Crippen LogP contribution < -0.4 is 4.72 Å². The number of rotatable bonds is 4. The van der Waals surface area contributed by atoms with Gasteiger partial charge in [-0.3, -0.25) is 0 Å². The largest absolute Gasteiger partial charge is 0.390 e. The van der Waals surface area contributed by atoms with E-state index in [9.17, 15) is 26.0 Å². The maximum atomic E-state index is 12.7. The highest BCUT2D eigenvalue weighted by atomic mass is 79.9. The van der Waals surface area contributed by atoms with Gasteiger partial charge in [0, 0.05) is 11.0 Å². The first-order valence-electron chi connectivity index (χ1n) is 4.63. The summed E-state index contributed by atoms with van der Waals surface area (Å²) in [6.45, 7) is -0.768. The molecule has 0 bridgehead atoms. The van der Waals surface area contributed by atoms with Crippen molar-refractivity contribution in [2.24, 2.45) is 0 Å². The zero-order chi connectivity index (χ0) is 14.0. The lowest BCUT2D eigenvalue weighted by Gasteiger charge is -2.09. The summed E-state index contributed by atoms with van der Waals surface area (Å²) in [5.74, 6) is -0.656. The maximum absolute atomic E-state index is 12.7. The van der Waals surface area contributed by atoms with Crippen LogP contribution in [0.3, 0.4) is 0 Å². The van der Waals surface area contributed by atoms with Crippen molar-refractivity contribution in [2.75, 3.05) is 6.54 Å². The van der Waals surface area contributed by atoms with Crippen molar-refractivity contribution in [3.63, 3.8) is 0 Å². The number of alkyl halides is 3. The summed E-state index contributed by atoms with van der Waals surface area (Å²) < 4.78 is 73.3. The lowest BCUT2D eigenvalue weighted by molar-refractivity contribution is -0.132. The first-order valence-corrected chi connectivity index (χ1v) is 6.91. The van der Waals surface area contributed by atoms with E-state index >= 15 is 0 Å². The minimum atomic E-state index is -4.44. The minimum absolute atomic E-state index is 0.0537. The van der Waals surface area contributed by atoms with Crippen molar-refractivity contribution in [2.45, 2.75) is 17.5 Å². The molecule has 9 heteroatoms. The van der Waals surface area contributed by atoms with Gasteiger partial charge in [0.1, 0.15) is 5.82 Å². The van der Waals surface area contributed by atoms with E-state index in [2.05, 4.69) is 15.9 Å². The Morgan fingerprint density at radius 1 is 1.28 bits per heavy atom. The third-order valence-corrected chi connectivity index (χ3v) is 4.32. The van der Waals surface area contributed by atoms with Crippen LogP contribution in [0.2, 0.25) is 0 Å². The van der Waals surface area contributed by atoms with E-state index in [1.807, 2.05) is 0 Å². The van der Waals surface area contributed by atoms with Crippen LogP contribution in [0, 0.1) is 5.82 Å². The predicted molar refractivity (Wildman–Crippen MR) is 60.0 cm³/mol. The van der Waals surface area contributed by atoms with Gasteiger partial charge in [-0.05, 0) is 34.1 Å². The first kappa shape index (κ1) is 15.4. The summed E-state index contributed by atoms with van der Waals surface area (Å²) in [7, 11) is -4.09. The van der Waals surface area contributed by atoms with Crippen LogP contribution in [-0.4, -0.2) is 21.1 Å². The first-order chi connectivity index (χ1) is 8.12. The van der Waals surface area contributed by atoms with Crippen LogP contribution in [0.1, 0.15) is 6.42 Å². The van der Waals surface area contributed by atoms with Crippen LogP contribution in [0.4, 0.5) is 17.6 Å². The average molecular weight is 350 g/mol. The van der Waals surface area contributed by atoms with Gasteiger partial charge in [-0.25, -0.2) is 17.5 Å². The van der Waals surface area contributed by atoms with Crippen molar-refractivity contribution in [3.05, 3.63) is 28.5 Å². The van der Waals surface area contributed by atoms with Gasteiger partial charge >= 0.3 is 6.18 Å². The molecule has 0 heterocycles. The Morgan fingerprint density at radius 2 is 1.89 bits per heavy atom. The summed E-state index contributed by atoms with van der Waals surface area (Å²) in [4.78, 5) is -0.314. The zero-order valence-corrected chi connectivity index (χ0v) is 11.2. The number of sulfonamides is 1. The SMILES string of the molecule is O=S(=O)(NCCC(F)(F)F)c1ccc(F)cc1Br. The van der Waals surface area contributed by atoms with E-state index in [4.69, 9.17) is 0 Å². The molecule has 18 heavy (non-hydrogen) atoms. The molecular formula is C9H8BrF4NO2S. The highest BCUT2D eigenvalue weighted by Gasteiger charge is 2.28. The van der Waals surface area contributed by atoms with Gasteiger partial charge in [0.25, 0.3) is 0 Å². The molecule has 3 nitrogen and oxygen atoms in total. The molecule has 1 N–H and O–H groups in total. The highest BCUT2D eigenvalue weighted by Crippen LogP contribution is 2.23. The summed E-state index contributed by atoms with van der Waals surface area (Å²) >= 11 is 2.83. The standard InChI is InChI=1S/C9H8BrF4NO2S/c10-7-5-6(11)1-2-8(7)18(16,17)15-4-3-9(12,13)14/h1-2,5,15H,3-4H2. The molecule has 0 radical (unpaired) electrons. The van der Waals surface area contributed by atoms with Crippen LogP contribution in [0.25, 0.3) is 0 Å². The predicted octanol–water partition coefficient (Wildman–Crippen LogP) is 2.82. The van der Waals surface area contributed by atoms with Gasteiger partial charge in [-0.1, -0.05) is 0 Å². The Labute approximate surface area is 109 Å². The fraction of sp³-hybridized carbons (Fsp3) is 0.333. The van der Waals surface area contributed by atoms with Crippen LogP contribution in [0.5, 0.6) is 0 Å². The number of benzene rings is 1. The lowest BCUT2D eigenvalue weighted by atomic mass is 10.3. The molecule has 0 atom stereocenters. The molecular weight excluding hydrogens is 342 g/mol. The Hall–Kier alpha value is -0.670. The Kier molecular flexibility index (Phi) is 4.73. The van der Waals surface area contributed by atoms with Crippen LogP contribution in [0.15, 0.2) is 27.6 Å². The summed E-state index contributed by atoms with van der Waals surface area (Å²) in [5, 5.41) is 0. The molecule has 0 amide bonds. The quantitative estimate of drug-likeness (QED) is 0.849. The van der Waals surface area contributed by atoms with Crippen molar-refractivity contribution in [1.82, 2.24) is 4.72 Å². The van der Waals surface area contributed by atoms with Crippen molar-refractivity contribution in [1.29, 1.82) is 0 Å². The van der Waals surface area contributed by atoms with Crippen LogP contribution >= 0.6 is 15.9 Å². The van der Waals surface area contributed by atoms with Crippen molar-refractivity contribution >= 4 is 26.0 Å². The highest BCUT2D eigenvalue weighted by molar-refractivity contribution is 9.10. The number of hydrogen-bond acceptors (Lipinski definition) is 2. The molecule has 0 unspecified atom stereocenters. The van der Waals surface area contributed by atoms with Gasteiger partial charge in [-0.2, -0.15) is 13.2 Å². The van der Waals surface area contributed by atoms with E-state index in [0.717, 1.165) is 18.2 Å². The molecule has 102 valence electrons. The fourth-order valence-electron chi connectivity index (χ4n) is 1.10. The molecule has 1 aromatic carbocycles. The van der Waals surface area contributed by atoms with Gasteiger partial charge in [0.15, 0.2) is 0 Å². The van der Waals surface area contributed by atoms with E-state index in [-0.39, 0.29) is 9.37 Å². The van der Waals surface area contributed by atoms with Gasteiger partial charge in [-0.15, -0.1) is 0 Å². The molecule has 1 rings (SSSR count). The summed E-state index contributed by atoms with van der Waals surface area (Å²) in [5.41, 5.74) is 0. The number of hydrogen-bond donors (Lipinski definition) is 1. The normalized spacial score (nSPS) is 12.7. The van der Waals surface area contributed by atoms with Gasteiger partial charge in [0.2, 0.25) is 10.0 Å².